The van der Waals surface area contributed by atoms with Crippen molar-refractivity contribution in [1.82, 2.24) is 0 Å². The first kappa shape index (κ1) is 55.7. The monoisotopic (exact) mass is 1210 g/mol. The number of benzene rings is 15. The molecule has 3 heteroatoms. The van der Waals surface area contributed by atoms with E-state index in [9.17, 15) is 0 Å². The van der Waals surface area contributed by atoms with E-state index in [2.05, 4.69) is 329 Å². The molecule has 15 aromatic carbocycles. The zero-order valence-electron chi connectivity index (χ0n) is 56.0. The lowest BCUT2D eigenvalue weighted by Crippen LogP contribution is -2.61. The van der Waals surface area contributed by atoms with Crippen LogP contribution >= 0.6 is 0 Å². The van der Waals surface area contributed by atoms with Crippen molar-refractivity contribution in [3.05, 3.63) is 281 Å². The average molecular weight is 1210 g/mol. The molecule has 1 spiro atoms. The summed E-state index contributed by atoms with van der Waals surface area (Å²) in [4.78, 5) is 5.53. The van der Waals surface area contributed by atoms with Crippen LogP contribution in [0.1, 0.15) is 128 Å². The second-order valence-electron chi connectivity index (χ2n) is 32.1. The number of anilines is 6. The fraction of sp³-hybridized carbons (Fsp3) is 0.187. The van der Waals surface area contributed by atoms with Gasteiger partial charge in [-0.25, -0.2) is 0 Å². The molecular formula is C91H75BN2. The largest absolute Gasteiger partial charge is 0.311 e. The smallest absolute Gasteiger partial charge is 0.252 e. The average Bonchev–Trinajstić information content (AvgIpc) is 1.12. The minimum Gasteiger partial charge on any atom is -0.311 e. The number of fused-ring (bicyclic) bond motifs is 16. The van der Waals surface area contributed by atoms with E-state index in [0.717, 1.165) is 0 Å². The summed E-state index contributed by atoms with van der Waals surface area (Å²) in [5.74, 6) is 0. The van der Waals surface area contributed by atoms with Crippen molar-refractivity contribution < 1.29 is 0 Å². The summed E-state index contributed by atoms with van der Waals surface area (Å²) in [5, 5.41) is 15.5. The van der Waals surface area contributed by atoms with Crippen LogP contribution in [0.15, 0.2) is 237 Å². The normalized spacial score (nSPS) is 14.6. The van der Waals surface area contributed by atoms with Crippen LogP contribution in [-0.2, 0) is 27.1 Å². The molecule has 0 unspecified atom stereocenters. The maximum atomic E-state index is 2.76. The highest BCUT2D eigenvalue weighted by Crippen LogP contribution is 2.64. The highest BCUT2D eigenvalue weighted by atomic mass is 15.2. The Labute approximate surface area is 552 Å². The van der Waals surface area contributed by atoms with Gasteiger partial charge in [0.2, 0.25) is 0 Å². The Bertz CT molecular complexity index is 5390. The fourth-order valence-electron chi connectivity index (χ4n) is 17.8. The number of nitrogens with zero attached hydrogens (tertiary/aromatic N) is 2. The second-order valence-corrected chi connectivity index (χ2v) is 32.1. The first-order valence-electron chi connectivity index (χ1n) is 34.1. The zero-order chi connectivity index (χ0) is 64.0. The molecule has 0 bridgehead atoms. The Kier molecular flexibility index (Phi) is 11.1. The van der Waals surface area contributed by atoms with Gasteiger partial charge in [-0.1, -0.05) is 277 Å². The molecule has 94 heavy (non-hydrogen) atoms. The van der Waals surface area contributed by atoms with E-state index >= 15 is 0 Å². The van der Waals surface area contributed by atoms with Crippen molar-refractivity contribution in [2.45, 2.75) is 110 Å². The lowest BCUT2D eigenvalue weighted by atomic mass is 9.33. The molecule has 2 aliphatic carbocycles. The topological polar surface area (TPSA) is 6.48 Å². The fourth-order valence-corrected chi connectivity index (χ4v) is 17.8. The van der Waals surface area contributed by atoms with E-state index in [1.54, 1.807) is 0 Å². The molecule has 0 atom stereocenters. The maximum Gasteiger partial charge on any atom is 0.252 e. The van der Waals surface area contributed by atoms with E-state index in [-0.39, 0.29) is 28.4 Å². The minimum atomic E-state index is -0.512. The standard InChI is InChI=1S/C91H75BN2/c1-87(2,3)60-46-61(88(4,5)6)49-64(48-60)93-78-44-59(56-37-38-69-68-27-15-18-30-74(68)91(75(69)41-56)72-28-16-13-25-66(72)67-26-14-17-29-73(67)91)45-79-84(78)92(76-42-57-33-31-52-21-19-23-54-35-39-70(85(76)93)82(57)80(52)54)77-43-58-34-32-53-22-20-24-55-36-40-71(83(58)81(53)55)86(77)94(79)65-50-62(89(7,8)9)47-63(51-65)90(10,11)12/h13-51H,1-12H3. The highest BCUT2D eigenvalue weighted by Gasteiger charge is 2.52. The molecule has 4 aliphatic rings. The third-order valence-electron chi connectivity index (χ3n) is 22.4. The Balaban J connectivity index is 1.01. The summed E-state index contributed by atoms with van der Waals surface area (Å²) in [5.41, 5.74) is 28.5. The summed E-state index contributed by atoms with van der Waals surface area (Å²) < 4.78 is 0. The summed E-state index contributed by atoms with van der Waals surface area (Å²) in [6.07, 6.45) is 0. The Morgan fingerprint density at radius 3 is 1.04 bits per heavy atom. The first-order chi connectivity index (χ1) is 45.1. The van der Waals surface area contributed by atoms with E-state index < -0.39 is 5.41 Å². The predicted octanol–water partition coefficient (Wildman–Crippen LogP) is 22.8. The summed E-state index contributed by atoms with van der Waals surface area (Å²) in [6.45, 7) is 28.5. The van der Waals surface area contributed by atoms with Gasteiger partial charge in [0.1, 0.15) is 0 Å². The van der Waals surface area contributed by atoms with Gasteiger partial charge >= 0.3 is 0 Å². The molecule has 0 amide bonds. The van der Waals surface area contributed by atoms with Crippen LogP contribution in [0.5, 0.6) is 0 Å². The second kappa shape index (κ2) is 18.7. The van der Waals surface area contributed by atoms with E-state index in [1.165, 1.54) is 193 Å². The van der Waals surface area contributed by atoms with Gasteiger partial charge in [0.15, 0.2) is 0 Å². The molecule has 0 saturated heterocycles. The number of rotatable bonds is 3. The molecule has 0 aromatic heterocycles. The van der Waals surface area contributed by atoms with Gasteiger partial charge in [-0.15, -0.1) is 0 Å². The van der Waals surface area contributed by atoms with Crippen molar-refractivity contribution in [2.75, 3.05) is 9.80 Å². The molecule has 0 saturated carbocycles. The molecule has 15 aromatic rings. The Morgan fingerprint density at radius 1 is 0.287 bits per heavy atom. The van der Waals surface area contributed by atoms with Crippen molar-refractivity contribution >= 4 is 122 Å². The lowest BCUT2D eigenvalue weighted by Gasteiger charge is -2.46. The molecule has 2 heterocycles. The number of hydrogen-bond donors (Lipinski definition) is 0. The maximum absolute atomic E-state index is 2.76. The summed E-state index contributed by atoms with van der Waals surface area (Å²) in [7, 11) is 0. The van der Waals surface area contributed by atoms with Crippen LogP contribution in [0.3, 0.4) is 0 Å². The van der Waals surface area contributed by atoms with Crippen LogP contribution in [0.25, 0.3) is 98.0 Å². The van der Waals surface area contributed by atoms with E-state index in [0.29, 0.717) is 0 Å². The van der Waals surface area contributed by atoms with Crippen LogP contribution in [0.2, 0.25) is 0 Å². The molecule has 19 rings (SSSR count). The third-order valence-corrected chi connectivity index (χ3v) is 22.4. The van der Waals surface area contributed by atoms with Crippen LogP contribution in [0, 0.1) is 0 Å². The predicted molar refractivity (Wildman–Crippen MR) is 404 cm³/mol. The molecule has 2 nitrogen and oxygen atoms in total. The SMILES string of the molecule is CC(C)(C)c1cc(N2c3cc(-c4ccc5c(c4)C4(c6ccccc6-c6ccccc64)c4ccccc4-5)cc4c3B(c3cc5ccc6cccc7ccc(c32)c5c67)c2cc3ccc5cccc6ccc(c2N4c2cc(C(C)(C)C)cc(C(C)(C)C)c2)c3c56)cc(C(C)(C)C)c1. The van der Waals surface area contributed by atoms with Crippen molar-refractivity contribution in [3.63, 3.8) is 0 Å². The number of hydrogen-bond acceptors (Lipinski definition) is 2. The van der Waals surface area contributed by atoms with Crippen LogP contribution in [-0.4, -0.2) is 6.71 Å². The first-order valence-corrected chi connectivity index (χ1v) is 34.1. The molecule has 0 fully saturated rings. The lowest BCUT2D eigenvalue weighted by molar-refractivity contribution is 0.568. The van der Waals surface area contributed by atoms with Crippen molar-refractivity contribution in [3.8, 4) is 33.4 Å². The van der Waals surface area contributed by atoms with Gasteiger partial charge in [0.05, 0.1) is 5.41 Å². The molecule has 0 N–H and O–H groups in total. The molecular weight excluding hydrogens is 1130 g/mol. The summed E-state index contributed by atoms with van der Waals surface area (Å²) >= 11 is 0. The quantitative estimate of drug-likeness (QED) is 0.128. The van der Waals surface area contributed by atoms with Gasteiger partial charge < -0.3 is 9.80 Å². The van der Waals surface area contributed by atoms with Gasteiger partial charge in [0.25, 0.3) is 6.71 Å². The van der Waals surface area contributed by atoms with E-state index in [1.807, 2.05) is 0 Å². The van der Waals surface area contributed by atoms with Gasteiger partial charge in [0, 0.05) is 44.9 Å². The van der Waals surface area contributed by atoms with Crippen molar-refractivity contribution in [1.29, 1.82) is 0 Å². The van der Waals surface area contributed by atoms with Gasteiger partial charge in [-0.05, 0) is 212 Å². The Hall–Kier alpha value is -9.96. The highest BCUT2D eigenvalue weighted by molar-refractivity contribution is 7.01. The third kappa shape index (κ3) is 7.50. The minimum absolute atomic E-state index is 0.144. The summed E-state index contributed by atoms with van der Waals surface area (Å²) in [6, 6.07) is 93.9. The van der Waals surface area contributed by atoms with Gasteiger partial charge in [-0.2, -0.15) is 0 Å². The molecule has 452 valence electrons. The Morgan fingerprint density at radius 2 is 0.649 bits per heavy atom. The van der Waals surface area contributed by atoms with Crippen LogP contribution < -0.4 is 26.2 Å². The van der Waals surface area contributed by atoms with Crippen LogP contribution in [0.4, 0.5) is 34.1 Å². The zero-order valence-corrected chi connectivity index (χ0v) is 56.0. The molecule has 2 aliphatic heterocycles. The van der Waals surface area contributed by atoms with Gasteiger partial charge in [-0.3, -0.25) is 0 Å². The van der Waals surface area contributed by atoms with Crippen molar-refractivity contribution in [2.24, 2.45) is 0 Å². The van der Waals surface area contributed by atoms with E-state index in [4.69, 9.17) is 0 Å². The molecule has 0 radical (unpaired) electrons.